The highest BCUT2D eigenvalue weighted by atomic mass is 127. The third kappa shape index (κ3) is 6.61. The summed E-state index contributed by atoms with van der Waals surface area (Å²) < 4.78 is 2.00. The van der Waals surface area contributed by atoms with E-state index in [1.54, 1.807) is 0 Å². The fraction of sp³-hybridized carbons (Fsp3) is 0.810. The smallest absolute Gasteiger partial charge is 0.191 e. The second-order valence-electron chi connectivity index (χ2n) is 7.79. The maximum atomic E-state index is 9.54. The molecule has 1 aliphatic carbocycles. The van der Waals surface area contributed by atoms with E-state index < -0.39 is 0 Å². The van der Waals surface area contributed by atoms with Gasteiger partial charge in [-0.1, -0.05) is 33.1 Å². The van der Waals surface area contributed by atoms with Crippen LogP contribution in [0.5, 0.6) is 0 Å². The van der Waals surface area contributed by atoms with Crippen LogP contribution in [-0.4, -0.2) is 40.5 Å². The van der Waals surface area contributed by atoms with Crippen molar-refractivity contribution in [3.8, 4) is 0 Å². The van der Waals surface area contributed by atoms with Crippen LogP contribution in [0.3, 0.4) is 0 Å². The van der Waals surface area contributed by atoms with Crippen LogP contribution >= 0.6 is 24.0 Å². The number of nitrogens with one attached hydrogen (secondary N) is 2. The number of aromatic nitrogens is 2. The summed E-state index contributed by atoms with van der Waals surface area (Å²) in [6.07, 6.45) is 9.03. The average molecular weight is 505 g/mol. The van der Waals surface area contributed by atoms with E-state index in [0.29, 0.717) is 6.54 Å². The number of aliphatic imine (C=N–C) groups is 1. The number of aliphatic hydroxyl groups is 1. The number of halogens is 1. The molecule has 6 nitrogen and oxygen atoms in total. The van der Waals surface area contributed by atoms with Gasteiger partial charge in [0.2, 0.25) is 0 Å². The predicted octanol–water partition coefficient (Wildman–Crippen LogP) is 3.55. The lowest BCUT2D eigenvalue weighted by Gasteiger charge is -2.37. The van der Waals surface area contributed by atoms with Crippen molar-refractivity contribution < 1.29 is 5.11 Å². The quantitative estimate of drug-likeness (QED) is 0.273. The fourth-order valence-electron chi connectivity index (χ4n) is 4.40. The molecule has 1 aliphatic rings. The normalized spacial score (nSPS) is 16.5. The Bertz CT molecular complexity index is 603. The predicted molar refractivity (Wildman–Crippen MR) is 127 cm³/mol. The standard InChI is InChI=1S/C21H39N5O.HI/c1-5-18-17(19(6-2)26(4)25-18)15-23-20(22-7-3)24-16-21(13-14-27)11-9-8-10-12-21;/h27H,5-16H2,1-4H3,(H2,22,23,24);1H. The zero-order valence-electron chi connectivity index (χ0n) is 18.2. The molecule has 7 heteroatoms. The minimum Gasteiger partial charge on any atom is -0.396 e. The highest BCUT2D eigenvalue weighted by Crippen LogP contribution is 2.38. The van der Waals surface area contributed by atoms with Crippen LogP contribution in [0.2, 0.25) is 0 Å². The molecule has 0 saturated heterocycles. The number of hydrogen-bond acceptors (Lipinski definition) is 3. The van der Waals surface area contributed by atoms with Crippen molar-refractivity contribution in [1.29, 1.82) is 0 Å². The molecule has 1 aromatic heterocycles. The van der Waals surface area contributed by atoms with Crippen molar-refractivity contribution in [3.05, 3.63) is 17.0 Å². The molecule has 0 unspecified atom stereocenters. The fourth-order valence-corrected chi connectivity index (χ4v) is 4.40. The molecule has 0 bridgehead atoms. The lowest BCUT2D eigenvalue weighted by molar-refractivity contribution is 0.131. The van der Waals surface area contributed by atoms with Crippen molar-refractivity contribution in [2.45, 2.75) is 78.7 Å². The number of guanidine groups is 1. The van der Waals surface area contributed by atoms with Crippen LogP contribution in [0.1, 0.15) is 76.2 Å². The highest BCUT2D eigenvalue weighted by molar-refractivity contribution is 14.0. The van der Waals surface area contributed by atoms with Gasteiger partial charge in [-0.05, 0) is 44.4 Å². The molecule has 1 saturated carbocycles. The molecule has 0 radical (unpaired) electrons. The summed E-state index contributed by atoms with van der Waals surface area (Å²) >= 11 is 0. The number of rotatable bonds is 9. The minimum absolute atomic E-state index is 0. The largest absolute Gasteiger partial charge is 0.396 e. The van der Waals surface area contributed by atoms with Crippen LogP contribution in [0, 0.1) is 5.41 Å². The Balaban J connectivity index is 0.00000392. The highest BCUT2D eigenvalue weighted by Gasteiger charge is 2.31. The Labute approximate surface area is 188 Å². The van der Waals surface area contributed by atoms with Crippen LogP contribution < -0.4 is 10.6 Å². The van der Waals surface area contributed by atoms with Gasteiger partial charge in [-0.2, -0.15) is 5.10 Å². The van der Waals surface area contributed by atoms with Crippen molar-refractivity contribution >= 4 is 29.9 Å². The average Bonchev–Trinajstić information content (AvgIpc) is 2.99. The molecule has 0 spiro atoms. The maximum Gasteiger partial charge on any atom is 0.191 e. The topological polar surface area (TPSA) is 74.5 Å². The molecular formula is C21H40IN5O. The summed E-state index contributed by atoms with van der Waals surface area (Å²) in [5, 5.41) is 21.1. The molecular weight excluding hydrogens is 465 g/mol. The van der Waals surface area contributed by atoms with Crippen LogP contribution in [0.25, 0.3) is 0 Å². The van der Waals surface area contributed by atoms with Crippen LogP contribution in [0.15, 0.2) is 4.99 Å². The lowest BCUT2D eigenvalue weighted by atomic mass is 9.72. The van der Waals surface area contributed by atoms with Crippen LogP contribution in [0.4, 0.5) is 0 Å². The summed E-state index contributed by atoms with van der Waals surface area (Å²) in [5.74, 6) is 0.869. The van der Waals surface area contributed by atoms with E-state index in [4.69, 9.17) is 4.99 Å². The van der Waals surface area contributed by atoms with E-state index in [2.05, 4.69) is 36.5 Å². The molecule has 2 rings (SSSR count). The molecule has 3 N–H and O–H groups in total. The molecule has 1 fully saturated rings. The Morgan fingerprint density at radius 1 is 1.14 bits per heavy atom. The third-order valence-electron chi connectivity index (χ3n) is 5.95. The first kappa shape index (κ1) is 25.2. The molecule has 28 heavy (non-hydrogen) atoms. The number of aryl methyl sites for hydroxylation is 2. The Morgan fingerprint density at radius 2 is 1.86 bits per heavy atom. The summed E-state index contributed by atoms with van der Waals surface area (Å²) in [6, 6.07) is 0. The first-order valence-electron chi connectivity index (χ1n) is 10.8. The Morgan fingerprint density at radius 3 is 2.43 bits per heavy atom. The maximum absolute atomic E-state index is 9.54. The second kappa shape index (κ2) is 12.7. The zero-order valence-corrected chi connectivity index (χ0v) is 20.5. The van der Waals surface area contributed by atoms with Gasteiger partial charge in [0, 0.05) is 38.0 Å². The SMILES string of the molecule is CCNC(=NCc1c(CC)nn(C)c1CC)NCC1(CCO)CCCCC1.I. The lowest BCUT2D eigenvalue weighted by Crippen LogP contribution is -2.45. The second-order valence-corrected chi connectivity index (χ2v) is 7.79. The minimum atomic E-state index is 0. The molecule has 0 atom stereocenters. The first-order valence-corrected chi connectivity index (χ1v) is 10.8. The monoisotopic (exact) mass is 505 g/mol. The summed E-state index contributed by atoms with van der Waals surface area (Å²) in [6.45, 7) is 9.07. The summed E-state index contributed by atoms with van der Waals surface area (Å²) in [5.41, 5.74) is 3.90. The molecule has 162 valence electrons. The van der Waals surface area contributed by atoms with Crippen LogP contribution in [-0.2, 0) is 26.4 Å². The summed E-state index contributed by atoms with van der Waals surface area (Å²) in [4.78, 5) is 4.87. The van der Waals surface area contributed by atoms with Gasteiger partial charge in [-0.15, -0.1) is 24.0 Å². The zero-order chi connectivity index (χ0) is 19.7. The van der Waals surface area contributed by atoms with Gasteiger partial charge in [-0.3, -0.25) is 4.68 Å². The van der Waals surface area contributed by atoms with E-state index in [1.807, 2.05) is 11.7 Å². The summed E-state index contributed by atoms with van der Waals surface area (Å²) in [7, 11) is 2.02. The van der Waals surface area contributed by atoms with Gasteiger partial charge in [0.25, 0.3) is 0 Å². The first-order chi connectivity index (χ1) is 13.1. The molecule has 1 aromatic rings. The third-order valence-corrected chi connectivity index (χ3v) is 5.95. The van der Waals surface area contributed by atoms with Crippen molar-refractivity contribution in [3.63, 3.8) is 0 Å². The number of nitrogens with zero attached hydrogens (tertiary/aromatic N) is 3. The molecule has 0 aromatic carbocycles. The van der Waals surface area contributed by atoms with Crippen molar-refractivity contribution in [2.75, 3.05) is 19.7 Å². The van der Waals surface area contributed by atoms with E-state index in [0.717, 1.165) is 44.0 Å². The van der Waals surface area contributed by atoms with Gasteiger partial charge < -0.3 is 15.7 Å². The van der Waals surface area contributed by atoms with E-state index in [1.165, 1.54) is 43.4 Å². The number of aliphatic hydroxyl groups excluding tert-OH is 1. The van der Waals surface area contributed by atoms with Gasteiger partial charge in [-0.25, -0.2) is 4.99 Å². The van der Waals surface area contributed by atoms with Gasteiger partial charge in [0.05, 0.1) is 12.2 Å². The Kier molecular flexibility index (Phi) is 11.4. The van der Waals surface area contributed by atoms with Gasteiger partial charge in [0.1, 0.15) is 0 Å². The molecule has 1 heterocycles. The number of hydrogen-bond donors (Lipinski definition) is 3. The van der Waals surface area contributed by atoms with Crippen molar-refractivity contribution in [1.82, 2.24) is 20.4 Å². The van der Waals surface area contributed by atoms with E-state index >= 15 is 0 Å². The van der Waals surface area contributed by atoms with Gasteiger partial charge in [0.15, 0.2) is 5.96 Å². The van der Waals surface area contributed by atoms with Gasteiger partial charge >= 0.3 is 0 Å². The van der Waals surface area contributed by atoms with E-state index in [-0.39, 0.29) is 36.0 Å². The van der Waals surface area contributed by atoms with E-state index in [9.17, 15) is 5.11 Å². The Hall–Kier alpha value is -0.830. The molecule has 0 aliphatic heterocycles. The van der Waals surface area contributed by atoms with Crippen molar-refractivity contribution in [2.24, 2.45) is 17.5 Å². The molecule has 0 amide bonds.